The molecule has 2 heterocycles. The highest BCUT2D eigenvalue weighted by molar-refractivity contribution is 5.96. The van der Waals surface area contributed by atoms with Crippen LogP contribution in [0.4, 0.5) is 5.69 Å². The number of aryl methyl sites for hydroxylation is 1. The van der Waals surface area contributed by atoms with E-state index < -0.39 is 0 Å². The van der Waals surface area contributed by atoms with E-state index in [1.807, 2.05) is 78.8 Å². The minimum atomic E-state index is -0.0527. The average Bonchev–Trinajstić information content (AvgIpc) is 3.23. The van der Waals surface area contributed by atoms with Gasteiger partial charge < -0.3 is 14.8 Å². The van der Waals surface area contributed by atoms with Gasteiger partial charge in [0, 0.05) is 30.6 Å². The van der Waals surface area contributed by atoms with Gasteiger partial charge in [-0.1, -0.05) is 29.8 Å². The summed E-state index contributed by atoms with van der Waals surface area (Å²) >= 11 is 0. The number of hydrogen-bond acceptors (Lipinski definition) is 3. The molecule has 1 fully saturated rings. The predicted molar refractivity (Wildman–Crippen MR) is 114 cm³/mol. The first-order chi connectivity index (χ1) is 13.9. The third-order valence-corrected chi connectivity index (χ3v) is 5.27. The summed E-state index contributed by atoms with van der Waals surface area (Å²) in [7, 11) is 0. The number of nitrogens with one attached hydrogen (secondary N) is 1. The van der Waals surface area contributed by atoms with Crippen molar-refractivity contribution in [3.8, 4) is 0 Å². The van der Waals surface area contributed by atoms with Gasteiger partial charge in [0.2, 0.25) is 11.8 Å². The minimum Gasteiger partial charge on any atom is -0.352 e. The van der Waals surface area contributed by atoms with E-state index in [9.17, 15) is 9.59 Å². The minimum absolute atomic E-state index is 0.0517. The first-order valence-corrected chi connectivity index (χ1v) is 10.0. The molecular weight excluding hydrogens is 364 g/mol. The molecule has 1 aliphatic rings. The molecule has 0 radical (unpaired) electrons. The molecule has 0 bridgehead atoms. The average molecular weight is 390 g/mol. The molecule has 2 aromatic carbocycles. The zero-order chi connectivity index (χ0) is 20.5. The van der Waals surface area contributed by atoms with E-state index in [-0.39, 0.29) is 30.3 Å². The van der Waals surface area contributed by atoms with E-state index >= 15 is 0 Å². The van der Waals surface area contributed by atoms with E-state index in [1.54, 1.807) is 0 Å². The third-order valence-electron chi connectivity index (χ3n) is 5.27. The zero-order valence-electron chi connectivity index (χ0n) is 17.1. The third kappa shape index (κ3) is 3.88. The summed E-state index contributed by atoms with van der Waals surface area (Å²) in [4.78, 5) is 31.9. The van der Waals surface area contributed by atoms with Crippen LogP contribution in [-0.4, -0.2) is 34.0 Å². The second kappa shape index (κ2) is 7.70. The second-order valence-electron chi connectivity index (χ2n) is 8.01. The molecule has 0 spiro atoms. The van der Waals surface area contributed by atoms with Crippen LogP contribution >= 0.6 is 0 Å². The molecular formula is C23H26N4O2. The van der Waals surface area contributed by atoms with Crippen molar-refractivity contribution in [1.29, 1.82) is 0 Å². The molecule has 1 N–H and O–H groups in total. The highest BCUT2D eigenvalue weighted by Gasteiger charge is 2.35. The quantitative estimate of drug-likeness (QED) is 0.726. The maximum Gasteiger partial charge on any atom is 0.240 e. The molecule has 1 saturated heterocycles. The van der Waals surface area contributed by atoms with Crippen molar-refractivity contribution in [3.05, 3.63) is 59.9 Å². The maximum absolute atomic E-state index is 12.7. The van der Waals surface area contributed by atoms with E-state index in [1.165, 1.54) is 0 Å². The van der Waals surface area contributed by atoms with Gasteiger partial charge in [-0.3, -0.25) is 9.59 Å². The van der Waals surface area contributed by atoms with Gasteiger partial charge in [-0.05, 0) is 45.0 Å². The van der Waals surface area contributed by atoms with Gasteiger partial charge in [-0.25, -0.2) is 4.98 Å². The normalized spacial score (nSPS) is 16.8. The van der Waals surface area contributed by atoms with Crippen molar-refractivity contribution in [3.63, 3.8) is 0 Å². The zero-order valence-corrected chi connectivity index (χ0v) is 17.1. The Bertz CT molecular complexity index is 1050. The summed E-state index contributed by atoms with van der Waals surface area (Å²) in [6.07, 6.45) is 0.392. The van der Waals surface area contributed by atoms with E-state index in [4.69, 9.17) is 4.98 Å². The van der Waals surface area contributed by atoms with Crippen molar-refractivity contribution in [2.24, 2.45) is 0 Å². The topological polar surface area (TPSA) is 67.2 Å². The van der Waals surface area contributed by atoms with Crippen LogP contribution in [0.1, 0.15) is 37.6 Å². The molecule has 1 atom stereocenters. The van der Waals surface area contributed by atoms with Gasteiger partial charge in [0.15, 0.2) is 0 Å². The Balaban J connectivity index is 1.66. The number of imidazole rings is 1. The van der Waals surface area contributed by atoms with Gasteiger partial charge >= 0.3 is 0 Å². The number of carbonyl (C=O) groups is 2. The predicted octanol–water partition coefficient (Wildman–Crippen LogP) is 3.39. The fourth-order valence-corrected chi connectivity index (χ4v) is 3.94. The molecule has 150 valence electrons. The van der Waals surface area contributed by atoms with Crippen molar-refractivity contribution in [1.82, 2.24) is 14.9 Å². The van der Waals surface area contributed by atoms with Crippen LogP contribution < -0.4 is 10.2 Å². The number of anilines is 1. The monoisotopic (exact) mass is 390 g/mol. The number of nitrogens with zero attached hydrogens (tertiary/aromatic N) is 3. The number of carbonyl (C=O) groups excluding carboxylic acids is 2. The lowest BCUT2D eigenvalue weighted by Crippen LogP contribution is -2.33. The molecule has 6 heteroatoms. The summed E-state index contributed by atoms with van der Waals surface area (Å²) in [5.41, 5.74) is 3.84. The Hall–Kier alpha value is -3.15. The van der Waals surface area contributed by atoms with Crippen LogP contribution in [0, 0.1) is 6.92 Å². The van der Waals surface area contributed by atoms with Gasteiger partial charge in [0.25, 0.3) is 0 Å². The number of para-hydroxylation sites is 2. The molecule has 0 unspecified atom stereocenters. The van der Waals surface area contributed by atoms with E-state index in [2.05, 4.69) is 5.32 Å². The standard InChI is InChI=1S/C23H26N4O2/c1-15(2)24-21(28)14-27-20-7-5-4-6-19(20)25-23(27)17-12-22(29)26(13-17)18-10-8-16(3)9-11-18/h4-11,15,17H,12-14H2,1-3H3,(H,24,28)/t17-/m0/s1. The first kappa shape index (κ1) is 19.2. The molecule has 0 saturated carbocycles. The fourth-order valence-electron chi connectivity index (χ4n) is 3.94. The first-order valence-electron chi connectivity index (χ1n) is 10.0. The number of benzene rings is 2. The lowest BCUT2D eigenvalue weighted by molar-refractivity contribution is -0.122. The molecule has 29 heavy (non-hydrogen) atoms. The molecule has 3 aromatic rings. The Morgan fingerprint density at radius 3 is 2.62 bits per heavy atom. The number of amides is 2. The summed E-state index contributed by atoms with van der Waals surface area (Å²) in [5, 5.41) is 2.95. The van der Waals surface area contributed by atoms with Crippen LogP contribution in [0.15, 0.2) is 48.5 Å². The molecule has 2 amide bonds. The summed E-state index contributed by atoms with van der Waals surface area (Å²) < 4.78 is 1.96. The van der Waals surface area contributed by atoms with Crippen LogP contribution in [0.5, 0.6) is 0 Å². The Labute approximate surface area is 170 Å². The van der Waals surface area contributed by atoms with Crippen LogP contribution in [0.25, 0.3) is 11.0 Å². The Kier molecular flexibility index (Phi) is 5.09. The number of hydrogen-bond donors (Lipinski definition) is 1. The number of rotatable bonds is 5. The van der Waals surface area contributed by atoms with Crippen LogP contribution in [0.3, 0.4) is 0 Å². The lowest BCUT2D eigenvalue weighted by atomic mass is 10.1. The molecule has 4 rings (SSSR count). The Morgan fingerprint density at radius 1 is 1.17 bits per heavy atom. The summed E-state index contributed by atoms with van der Waals surface area (Å²) in [6, 6.07) is 15.9. The van der Waals surface area contributed by atoms with Gasteiger partial charge in [-0.15, -0.1) is 0 Å². The van der Waals surface area contributed by atoms with Crippen molar-refractivity contribution in [2.45, 2.75) is 45.7 Å². The summed E-state index contributed by atoms with van der Waals surface area (Å²) in [6.45, 7) is 6.68. The molecule has 1 aliphatic heterocycles. The highest BCUT2D eigenvalue weighted by atomic mass is 16.2. The highest BCUT2D eigenvalue weighted by Crippen LogP contribution is 2.33. The van der Waals surface area contributed by atoms with Crippen LogP contribution in [0.2, 0.25) is 0 Å². The number of aromatic nitrogens is 2. The van der Waals surface area contributed by atoms with Gasteiger partial charge in [0.05, 0.1) is 11.0 Å². The van der Waals surface area contributed by atoms with E-state index in [0.717, 1.165) is 28.1 Å². The number of fused-ring (bicyclic) bond motifs is 1. The van der Waals surface area contributed by atoms with E-state index in [0.29, 0.717) is 13.0 Å². The Morgan fingerprint density at radius 2 is 1.90 bits per heavy atom. The maximum atomic E-state index is 12.7. The van der Waals surface area contributed by atoms with Crippen molar-refractivity contribution in [2.75, 3.05) is 11.4 Å². The van der Waals surface area contributed by atoms with Gasteiger partial charge in [0.1, 0.15) is 12.4 Å². The van der Waals surface area contributed by atoms with Crippen molar-refractivity contribution < 1.29 is 9.59 Å². The second-order valence-corrected chi connectivity index (χ2v) is 8.01. The van der Waals surface area contributed by atoms with Crippen molar-refractivity contribution >= 4 is 28.5 Å². The molecule has 1 aromatic heterocycles. The molecule has 6 nitrogen and oxygen atoms in total. The molecule has 0 aliphatic carbocycles. The SMILES string of the molecule is Cc1ccc(N2C[C@@H](c3nc4ccccc4n3CC(=O)NC(C)C)CC2=O)cc1. The lowest BCUT2D eigenvalue weighted by Gasteiger charge is -2.18. The smallest absolute Gasteiger partial charge is 0.240 e. The largest absolute Gasteiger partial charge is 0.352 e. The fraction of sp³-hybridized carbons (Fsp3) is 0.348. The summed E-state index contributed by atoms with van der Waals surface area (Å²) in [5.74, 6) is 0.782. The van der Waals surface area contributed by atoms with Gasteiger partial charge in [-0.2, -0.15) is 0 Å². The van der Waals surface area contributed by atoms with Crippen LogP contribution in [-0.2, 0) is 16.1 Å².